The standard InChI is InChI=1S/C15H25N/c1-4-13-5-7-14(8-6-13)9-10-15(16)11-12(2)3/h5-8,12,15H,4,9-11,16H2,1-3H3. The third kappa shape index (κ3) is 4.80. The van der Waals surface area contributed by atoms with Crippen LogP contribution >= 0.6 is 0 Å². The molecule has 1 aromatic carbocycles. The molecule has 0 radical (unpaired) electrons. The van der Waals surface area contributed by atoms with E-state index in [-0.39, 0.29) is 0 Å². The summed E-state index contributed by atoms with van der Waals surface area (Å²) in [5.41, 5.74) is 8.90. The molecule has 0 heterocycles. The second kappa shape index (κ2) is 6.70. The number of nitrogens with two attached hydrogens (primary N) is 1. The molecule has 0 spiro atoms. The van der Waals surface area contributed by atoms with Crippen molar-refractivity contribution in [1.29, 1.82) is 0 Å². The van der Waals surface area contributed by atoms with Gasteiger partial charge in [0.2, 0.25) is 0 Å². The molecule has 2 N–H and O–H groups in total. The molecule has 1 aromatic rings. The highest BCUT2D eigenvalue weighted by Crippen LogP contribution is 2.11. The largest absolute Gasteiger partial charge is 0.328 e. The van der Waals surface area contributed by atoms with Crippen LogP contribution in [0.25, 0.3) is 0 Å². The molecule has 0 bridgehead atoms. The minimum atomic E-state index is 0.353. The van der Waals surface area contributed by atoms with E-state index in [1.54, 1.807) is 0 Å². The predicted octanol–water partition coefficient (Wildman–Crippen LogP) is 3.56. The summed E-state index contributed by atoms with van der Waals surface area (Å²) in [6, 6.07) is 9.28. The van der Waals surface area contributed by atoms with Crippen LogP contribution in [0.4, 0.5) is 0 Å². The van der Waals surface area contributed by atoms with E-state index in [0.29, 0.717) is 12.0 Å². The first kappa shape index (κ1) is 13.2. The maximum Gasteiger partial charge on any atom is 0.00444 e. The Kier molecular flexibility index (Phi) is 5.54. The molecule has 90 valence electrons. The van der Waals surface area contributed by atoms with Gasteiger partial charge in [-0.1, -0.05) is 45.0 Å². The van der Waals surface area contributed by atoms with Crippen LogP contribution < -0.4 is 5.73 Å². The van der Waals surface area contributed by atoms with E-state index >= 15 is 0 Å². The van der Waals surface area contributed by atoms with E-state index in [2.05, 4.69) is 45.0 Å². The second-order valence-corrected chi connectivity index (χ2v) is 5.10. The average molecular weight is 219 g/mol. The first-order valence-electron chi connectivity index (χ1n) is 6.45. The van der Waals surface area contributed by atoms with E-state index in [4.69, 9.17) is 5.73 Å². The summed E-state index contributed by atoms with van der Waals surface area (Å²) < 4.78 is 0. The van der Waals surface area contributed by atoms with Crippen LogP contribution in [0, 0.1) is 5.92 Å². The van der Waals surface area contributed by atoms with Gasteiger partial charge in [0.25, 0.3) is 0 Å². The fraction of sp³-hybridized carbons (Fsp3) is 0.600. The number of hydrogen-bond donors (Lipinski definition) is 1. The number of hydrogen-bond acceptors (Lipinski definition) is 1. The van der Waals surface area contributed by atoms with Gasteiger partial charge < -0.3 is 5.73 Å². The van der Waals surface area contributed by atoms with Gasteiger partial charge >= 0.3 is 0 Å². The molecule has 1 atom stereocenters. The van der Waals surface area contributed by atoms with Gasteiger partial charge in [0, 0.05) is 6.04 Å². The Morgan fingerprint density at radius 1 is 1.06 bits per heavy atom. The molecule has 1 nitrogen and oxygen atoms in total. The minimum Gasteiger partial charge on any atom is -0.328 e. The molecule has 0 aliphatic carbocycles. The summed E-state index contributed by atoms with van der Waals surface area (Å²) >= 11 is 0. The van der Waals surface area contributed by atoms with E-state index in [1.807, 2.05) is 0 Å². The van der Waals surface area contributed by atoms with Crippen LogP contribution in [-0.4, -0.2) is 6.04 Å². The maximum absolute atomic E-state index is 6.08. The third-order valence-electron chi connectivity index (χ3n) is 3.01. The van der Waals surface area contributed by atoms with Crippen molar-refractivity contribution in [3.05, 3.63) is 35.4 Å². The van der Waals surface area contributed by atoms with Crippen molar-refractivity contribution in [1.82, 2.24) is 0 Å². The Bertz CT molecular complexity index is 287. The first-order valence-corrected chi connectivity index (χ1v) is 6.45. The van der Waals surface area contributed by atoms with Gasteiger partial charge in [-0.15, -0.1) is 0 Å². The SMILES string of the molecule is CCc1ccc(CCC(N)CC(C)C)cc1. The average Bonchev–Trinajstić information content (AvgIpc) is 2.26. The fourth-order valence-corrected chi connectivity index (χ4v) is 2.02. The molecule has 0 aliphatic heterocycles. The summed E-state index contributed by atoms with van der Waals surface area (Å²) in [5, 5.41) is 0. The molecule has 0 amide bonds. The highest BCUT2D eigenvalue weighted by molar-refractivity contribution is 5.22. The van der Waals surface area contributed by atoms with Gasteiger partial charge in [-0.3, -0.25) is 0 Å². The second-order valence-electron chi connectivity index (χ2n) is 5.10. The van der Waals surface area contributed by atoms with Crippen LogP contribution in [0.3, 0.4) is 0 Å². The Morgan fingerprint density at radius 2 is 1.62 bits per heavy atom. The van der Waals surface area contributed by atoms with Crippen molar-refractivity contribution in [3.63, 3.8) is 0 Å². The van der Waals surface area contributed by atoms with Gasteiger partial charge in [0.15, 0.2) is 0 Å². The lowest BCUT2D eigenvalue weighted by Crippen LogP contribution is -2.22. The van der Waals surface area contributed by atoms with Gasteiger partial charge in [0.1, 0.15) is 0 Å². The third-order valence-corrected chi connectivity index (χ3v) is 3.01. The van der Waals surface area contributed by atoms with Crippen LogP contribution in [0.5, 0.6) is 0 Å². The first-order chi connectivity index (χ1) is 7.61. The Hall–Kier alpha value is -0.820. The van der Waals surface area contributed by atoms with Gasteiger partial charge in [-0.2, -0.15) is 0 Å². The van der Waals surface area contributed by atoms with E-state index in [9.17, 15) is 0 Å². The lowest BCUT2D eigenvalue weighted by Gasteiger charge is -2.13. The molecule has 0 aliphatic rings. The zero-order valence-corrected chi connectivity index (χ0v) is 10.9. The molecule has 0 saturated carbocycles. The summed E-state index contributed by atoms with van der Waals surface area (Å²) in [7, 11) is 0. The Balaban J connectivity index is 2.36. The lowest BCUT2D eigenvalue weighted by molar-refractivity contribution is 0.473. The highest BCUT2D eigenvalue weighted by atomic mass is 14.6. The normalized spacial score (nSPS) is 13.1. The van der Waals surface area contributed by atoms with E-state index in [1.165, 1.54) is 11.1 Å². The fourth-order valence-electron chi connectivity index (χ4n) is 2.02. The molecule has 1 rings (SSSR count). The number of rotatable bonds is 6. The van der Waals surface area contributed by atoms with E-state index < -0.39 is 0 Å². The maximum atomic E-state index is 6.08. The highest BCUT2D eigenvalue weighted by Gasteiger charge is 2.05. The lowest BCUT2D eigenvalue weighted by atomic mass is 9.98. The van der Waals surface area contributed by atoms with Gasteiger partial charge in [-0.25, -0.2) is 0 Å². The number of benzene rings is 1. The molecular formula is C15H25N. The van der Waals surface area contributed by atoms with Crippen molar-refractivity contribution >= 4 is 0 Å². The number of aryl methyl sites for hydroxylation is 2. The zero-order chi connectivity index (χ0) is 12.0. The summed E-state index contributed by atoms with van der Waals surface area (Å²) in [4.78, 5) is 0. The van der Waals surface area contributed by atoms with Crippen LogP contribution in [-0.2, 0) is 12.8 Å². The molecule has 1 unspecified atom stereocenters. The van der Waals surface area contributed by atoms with Gasteiger partial charge in [0.05, 0.1) is 0 Å². The van der Waals surface area contributed by atoms with Gasteiger partial charge in [-0.05, 0) is 42.7 Å². The van der Waals surface area contributed by atoms with Crippen molar-refractivity contribution in [2.75, 3.05) is 0 Å². The predicted molar refractivity (Wildman–Crippen MR) is 71.6 cm³/mol. The smallest absolute Gasteiger partial charge is 0.00444 e. The molecule has 0 fully saturated rings. The molecule has 0 saturated heterocycles. The minimum absolute atomic E-state index is 0.353. The summed E-state index contributed by atoms with van der Waals surface area (Å²) in [5.74, 6) is 0.706. The molecule has 1 heteroatoms. The molecule has 0 aromatic heterocycles. The van der Waals surface area contributed by atoms with Crippen molar-refractivity contribution in [3.8, 4) is 0 Å². The quantitative estimate of drug-likeness (QED) is 0.778. The van der Waals surface area contributed by atoms with Crippen LogP contribution in [0.15, 0.2) is 24.3 Å². The van der Waals surface area contributed by atoms with Crippen LogP contribution in [0.2, 0.25) is 0 Å². The Labute approximate surface area is 100 Å². The topological polar surface area (TPSA) is 26.0 Å². The monoisotopic (exact) mass is 219 g/mol. The zero-order valence-electron chi connectivity index (χ0n) is 10.9. The molecule has 16 heavy (non-hydrogen) atoms. The van der Waals surface area contributed by atoms with Crippen molar-refractivity contribution in [2.24, 2.45) is 11.7 Å². The van der Waals surface area contributed by atoms with Crippen molar-refractivity contribution in [2.45, 2.75) is 52.5 Å². The summed E-state index contributed by atoms with van der Waals surface area (Å²) in [6.45, 7) is 6.65. The van der Waals surface area contributed by atoms with Crippen LogP contribution in [0.1, 0.15) is 44.7 Å². The Morgan fingerprint density at radius 3 is 2.12 bits per heavy atom. The van der Waals surface area contributed by atoms with Crippen molar-refractivity contribution < 1.29 is 0 Å². The van der Waals surface area contributed by atoms with E-state index in [0.717, 1.165) is 25.7 Å². The molecular weight excluding hydrogens is 194 g/mol. The summed E-state index contributed by atoms with van der Waals surface area (Å²) in [6.07, 6.45) is 4.46.